The van der Waals surface area contributed by atoms with Gasteiger partial charge in [0.15, 0.2) is 11.5 Å². The van der Waals surface area contributed by atoms with Gasteiger partial charge in [0.1, 0.15) is 18.1 Å². The van der Waals surface area contributed by atoms with E-state index in [0.29, 0.717) is 16.5 Å². The number of furan rings is 1. The summed E-state index contributed by atoms with van der Waals surface area (Å²) in [6.45, 7) is 0.0922. The normalized spacial score (nSPS) is 10.6. The molecule has 0 aliphatic heterocycles. The summed E-state index contributed by atoms with van der Waals surface area (Å²) in [5, 5.41) is 7.00. The molecule has 0 fully saturated rings. The van der Waals surface area contributed by atoms with Crippen molar-refractivity contribution in [1.82, 2.24) is 9.78 Å². The van der Waals surface area contributed by atoms with Gasteiger partial charge in [0, 0.05) is 17.7 Å². The monoisotopic (exact) mass is 467 g/mol. The van der Waals surface area contributed by atoms with Crippen molar-refractivity contribution in [3.05, 3.63) is 63.2 Å². The molecule has 0 bridgehead atoms. The summed E-state index contributed by atoms with van der Waals surface area (Å²) in [6.07, 6.45) is 1.49. The summed E-state index contributed by atoms with van der Waals surface area (Å²) in [5.41, 5.74) is 0.216. The lowest BCUT2D eigenvalue weighted by atomic mass is 10.3. The van der Waals surface area contributed by atoms with Crippen LogP contribution in [0.15, 0.2) is 45.4 Å². The number of hydrogen-bond donors (Lipinski definition) is 1. The lowest BCUT2D eigenvalue weighted by molar-refractivity contribution is 0.0594. The van der Waals surface area contributed by atoms with Crippen LogP contribution in [-0.2, 0) is 18.4 Å². The largest absolute Gasteiger partial charge is 0.484 e. The molecule has 2 aromatic heterocycles. The van der Waals surface area contributed by atoms with E-state index in [9.17, 15) is 9.59 Å². The minimum atomic E-state index is -0.657. The Balaban J connectivity index is 1.67. The van der Waals surface area contributed by atoms with E-state index >= 15 is 0 Å². The molecule has 0 radical (unpaired) electrons. The predicted molar refractivity (Wildman–Crippen MR) is 105 cm³/mol. The molecule has 0 spiro atoms. The van der Waals surface area contributed by atoms with Crippen molar-refractivity contribution >= 4 is 45.1 Å². The maximum Gasteiger partial charge on any atom is 0.360 e. The van der Waals surface area contributed by atoms with E-state index < -0.39 is 11.9 Å². The molecule has 8 nitrogen and oxygen atoms in total. The number of nitrogens with one attached hydrogen (secondary N) is 1. The molecule has 0 unspecified atom stereocenters. The Morgan fingerprint density at radius 1 is 1.32 bits per heavy atom. The Morgan fingerprint density at radius 3 is 2.82 bits per heavy atom. The lowest BCUT2D eigenvalue weighted by Gasteiger charge is -2.06. The number of amides is 1. The summed E-state index contributed by atoms with van der Waals surface area (Å²) in [5.74, 6) is -0.212. The molecule has 0 atom stereocenters. The number of carbonyl (C=O) groups is 2. The van der Waals surface area contributed by atoms with Crippen LogP contribution in [-0.4, -0.2) is 28.8 Å². The second-order valence-electron chi connectivity index (χ2n) is 5.64. The molecule has 28 heavy (non-hydrogen) atoms. The highest BCUT2D eigenvalue weighted by atomic mass is 79.9. The first-order valence-corrected chi connectivity index (χ1v) is 9.14. The lowest BCUT2D eigenvalue weighted by Crippen LogP contribution is -2.14. The summed E-state index contributed by atoms with van der Waals surface area (Å²) in [6, 6.07) is 8.36. The molecule has 0 aliphatic rings. The second kappa shape index (κ2) is 8.49. The van der Waals surface area contributed by atoms with Gasteiger partial charge in [-0.2, -0.15) is 5.10 Å². The Morgan fingerprint density at radius 2 is 2.11 bits per heavy atom. The number of carbonyl (C=O) groups excluding carboxylic acids is 2. The van der Waals surface area contributed by atoms with Gasteiger partial charge in [0.05, 0.1) is 17.8 Å². The summed E-state index contributed by atoms with van der Waals surface area (Å²) in [4.78, 5) is 24.1. The smallest absolute Gasteiger partial charge is 0.360 e. The van der Waals surface area contributed by atoms with Crippen molar-refractivity contribution < 1.29 is 23.5 Å². The van der Waals surface area contributed by atoms with Crippen LogP contribution in [0.2, 0.25) is 5.02 Å². The molecule has 1 amide bonds. The Kier molecular flexibility index (Phi) is 6.05. The van der Waals surface area contributed by atoms with Crippen LogP contribution >= 0.6 is 27.5 Å². The van der Waals surface area contributed by atoms with Crippen LogP contribution in [0, 0.1) is 0 Å². The van der Waals surface area contributed by atoms with Crippen molar-refractivity contribution in [3.63, 3.8) is 0 Å². The first kappa shape index (κ1) is 20.0. The number of esters is 1. The first-order chi connectivity index (χ1) is 13.4. The molecule has 2 heterocycles. The summed E-state index contributed by atoms with van der Waals surface area (Å²) < 4.78 is 18.0. The zero-order valence-electron chi connectivity index (χ0n) is 14.9. The number of hydrogen-bond acceptors (Lipinski definition) is 6. The van der Waals surface area contributed by atoms with E-state index in [-0.39, 0.29) is 23.7 Å². The molecule has 0 saturated heterocycles. The van der Waals surface area contributed by atoms with E-state index in [1.54, 1.807) is 31.3 Å². The predicted octanol–water partition coefficient (Wildman–Crippen LogP) is 4.05. The quantitative estimate of drug-likeness (QED) is 0.549. The van der Waals surface area contributed by atoms with Gasteiger partial charge >= 0.3 is 5.97 Å². The van der Waals surface area contributed by atoms with Crippen LogP contribution in [0.4, 0.5) is 5.69 Å². The van der Waals surface area contributed by atoms with Gasteiger partial charge < -0.3 is 19.2 Å². The Labute approximate surface area is 173 Å². The molecule has 3 aromatic rings. The van der Waals surface area contributed by atoms with E-state index in [1.165, 1.54) is 24.1 Å². The Bertz CT molecular complexity index is 1030. The van der Waals surface area contributed by atoms with Crippen LogP contribution in [0.25, 0.3) is 0 Å². The highest BCUT2D eigenvalue weighted by Crippen LogP contribution is 2.28. The van der Waals surface area contributed by atoms with Gasteiger partial charge in [0.25, 0.3) is 5.91 Å². The van der Waals surface area contributed by atoms with Crippen LogP contribution < -0.4 is 10.1 Å². The molecule has 10 heteroatoms. The molecule has 146 valence electrons. The standard InChI is InChI=1S/C18H15BrClN3O5/c1-23-8-13(16(22-23)18(25)26-2)21-17(24)15-6-4-11(28-15)9-27-14-5-3-10(19)7-12(14)20/h3-8H,9H2,1-2H3,(H,21,24). The topological polar surface area (TPSA) is 95.6 Å². The van der Waals surface area contributed by atoms with Gasteiger partial charge in [-0.05, 0) is 30.3 Å². The number of aryl methyl sites for hydroxylation is 1. The number of nitrogens with zero attached hydrogens (tertiary/aromatic N) is 2. The van der Waals surface area contributed by atoms with Crippen molar-refractivity contribution in [2.45, 2.75) is 6.61 Å². The van der Waals surface area contributed by atoms with Crippen LogP contribution in [0.3, 0.4) is 0 Å². The third kappa shape index (κ3) is 4.55. The molecule has 0 aliphatic carbocycles. The van der Waals surface area contributed by atoms with Gasteiger partial charge in [-0.25, -0.2) is 4.79 Å². The zero-order valence-corrected chi connectivity index (χ0v) is 17.2. The molecular weight excluding hydrogens is 454 g/mol. The minimum absolute atomic E-state index is 0.00153. The van der Waals surface area contributed by atoms with E-state index in [4.69, 9.17) is 20.8 Å². The average Bonchev–Trinajstić information content (AvgIpc) is 3.27. The third-order valence-electron chi connectivity index (χ3n) is 3.61. The number of aromatic nitrogens is 2. The maximum absolute atomic E-state index is 12.4. The number of benzene rings is 1. The zero-order chi connectivity index (χ0) is 20.3. The van der Waals surface area contributed by atoms with Gasteiger partial charge in [-0.3, -0.25) is 9.48 Å². The Hall–Kier alpha value is -2.78. The van der Waals surface area contributed by atoms with Crippen LogP contribution in [0.1, 0.15) is 26.8 Å². The molecular formula is C18H15BrClN3O5. The van der Waals surface area contributed by atoms with Gasteiger partial charge in [-0.15, -0.1) is 0 Å². The van der Waals surface area contributed by atoms with E-state index in [2.05, 4.69) is 31.1 Å². The second-order valence-corrected chi connectivity index (χ2v) is 6.96. The fraction of sp³-hybridized carbons (Fsp3) is 0.167. The van der Waals surface area contributed by atoms with Crippen molar-refractivity contribution in [2.75, 3.05) is 12.4 Å². The highest BCUT2D eigenvalue weighted by Gasteiger charge is 2.20. The number of rotatable bonds is 6. The molecule has 3 rings (SSSR count). The highest BCUT2D eigenvalue weighted by molar-refractivity contribution is 9.10. The first-order valence-electron chi connectivity index (χ1n) is 7.97. The van der Waals surface area contributed by atoms with E-state index in [1.807, 2.05) is 0 Å². The fourth-order valence-electron chi connectivity index (χ4n) is 2.33. The van der Waals surface area contributed by atoms with Crippen LogP contribution in [0.5, 0.6) is 5.75 Å². The number of methoxy groups -OCH3 is 1. The average molecular weight is 469 g/mol. The number of ether oxygens (including phenoxy) is 2. The van der Waals surface area contributed by atoms with E-state index in [0.717, 1.165) is 4.47 Å². The fourth-order valence-corrected chi connectivity index (χ4v) is 3.06. The van der Waals surface area contributed by atoms with Gasteiger partial charge in [-0.1, -0.05) is 27.5 Å². The summed E-state index contributed by atoms with van der Waals surface area (Å²) >= 11 is 9.42. The van der Waals surface area contributed by atoms with Crippen molar-refractivity contribution in [2.24, 2.45) is 7.05 Å². The number of anilines is 1. The van der Waals surface area contributed by atoms with Crippen molar-refractivity contribution in [3.8, 4) is 5.75 Å². The maximum atomic E-state index is 12.4. The molecule has 1 N–H and O–H groups in total. The van der Waals surface area contributed by atoms with Gasteiger partial charge in [0.2, 0.25) is 0 Å². The molecule has 0 saturated carbocycles. The molecule has 1 aromatic carbocycles. The SMILES string of the molecule is COC(=O)c1nn(C)cc1NC(=O)c1ccc(COc2ccc(Br)cc2Cl)o1. The third-order valence-corrected chi connectivity index (χ3v) is 4.39. The minimum Gasteiger partial charge on any atom is -0.484 e. The van der Waals surface area contributed by atoms with Crippen molar-refractivity contribution in [1.29, 1.82) is 0 Å². The number of halogens is 2. The summed E-state index contributed by atoms with van der Waals surface area (Å²) in [7, 11) is 2.86.